The number of piperidine rings is 1. The van der Waals surface area contributed by atoms with Crippen molar-refractivity contribution in [1.82, 2.24) is 25.2 Å². The average molecular weight is 371 g/mol. The summed E-state index contributed by atoms with van der Waals surface area (Å²) < 4.78 is 1.81. The standard InChI is InChI=1S/C20H29N5O2/c1-15(2)17-7-5-16(6-8-17)12-24-10-3-4-18(13-24)25-14-19(22-23-25)20(27)21-9-11-26/h5-8,14-15,18,26H,3-4,9-13H2,1-2H3,(H,21,27). The van der Waals surface area contributed by atoms with E-state index >= 15 is 0 Å². The molecule has 27 heavy (non-hydrogen) atoms. The van der Waals surface area contributed by atoms with Gasteiger partial charge in [-0.3, -0.25) is 9.69 Å². The third-order valence-electron chi connectivity index (χ3n) is 5.05. The maximum Gasteiger partial charge on any atom is 0.273 e. The number of hydrogen-bond acceptors (Lipinski definition) is 5. The van der Waals surface area contributed by atoms with E-state index < -0.39 is 0 Å². The second-order valence-corrected chi connectivity index (χ2v) is 7.49. The van der Waals surface area contributed by atoms with Gasteiger partial charge in [0, 0.05) is 19.6 Å². The lowest BCUT2D eigenvalue weighted by atomic mass is 10.0. The fourth-order valence-corrected chi connectivity index (χ4v) is 3.48. The van der Waals surface area contributed by atoms with Crippen molar-refractivity contribution in [2.75, 3.05) is 26.2 Å². The van der Waals surface area contributed by atoms with Crippen molar-refractivity contribution in [2.45, 2.75) is 45.2 Å². The van der Waals surface area contributed by atoms with E-state index in [1.807, 2.05) is 4.68 Å². The van der Waals surface area contributed by atoms with Crippen LogP contribution in [0.25, 0.3) is 0 Å². The minimum absolute atomic E-state index is 0.0877. The van der Waals surface area contributed by atoms with Crippen molar-refractivity contribution in [3.05, 3.63) is 47.3 Å². The molecule has 1 saturated heterocycles. The van der Waals surface area contributed by atoms with E-state index in [1.165, 1.54) is 11.1 Å². The highest BCUT2D eigenvalue weighted by atomic mass is 16.3. The van der Waals surface area contributed by atoms with Crippen molar-refractivity contribution in [3.8, 4) is 0 Å². The van der Waals surface area contributed by atoms with Gasteiger partial charge in [0.05, 0.1) is 18.8 Å². The maximum absolute atomic E-state index is 11.9. The molecule has 1 amide bonds. The van der Waals surface area contributed by atoms with Crippen LogP contribution in [0, 0.1) is 0 Å². The lowest BCUT2D eigenvalue weighted by Gasteiger charge is -2.32. The lowest BCUT2D eigenvalue weighted by molar-refractivity contribution is 0.0939. The molecule has 1 aliphatic rings. The summed E-state index contributed by atoms with van der Waals surface area (Å²) in [6, 6.07) is 9.10. The normalized spacial score (nSPS) is 18.0. The fourth-order valence-electron chi connectivity index (χ4n) is 3.48. The van der Waals surface area contributed by atoms with Crippen LogP contribution in [0.2, 0.25) is 0 Å². The Hall–Kier alpha value is -2.25. The number of nitrogens with one attached hydrogen (secondary N) is 1. The van der Waals surface area contributed by atoms with E-state index in [9.17, 15) is 4.79 Å². The fraction of sp³-hybridized carbons (Fsp3) is 0.550. The van der Waals surface area contributed by atoms with Crippen LogP contribution in [-0.4, -0.2) is 57.1 Å². The molecule has 1 fully saturated rings. The van der Waals surface area contributed by atoms with Crippen LogP contribution in [0.15, 0.2) is 30.5 Å². The first-order valence-corrected chi connectivity index (χ1v) is 9.69. The summed E-state index contributed by atoms with van der Waals surface area (Å²) in [6.45, 7) is 7.44. The molecule has 2 heterocycles. The van der Waals surface area contributed by atoms with Gasteiger partial charge in [0.1, 0.15) is 0 Å². The molecule has 2 N–H and O–H groups in total. The Morgan fingerprint density at radius 1 is 1.33 bits per heavy atom. The third-order valence-corrected chi connectivity index (χ3v) is 5.05. The summed E-state index contributed by atoms with van der Waals surface area (Å²) in [7, 11) is 0. The molecular formula is C20H29N5O2. The second kappa shape index (κ2) is 9.10. The van der Waals surface area contributed by atoms with E-state index in [4.69, 9.17) is 5.11 Å². The smallest absolute Gasteiger partial charge is 0.273 e. The first kappa shape index (κ1) is 19.5. The van der Waals surface area contributed by atoms with Crippen LogP contribution < -0.4 is 5.32 Å². The van der Waals surface area contributed by atoms with Gasteiger partial charge in [0.15, 0.2) is 5.69 Å². The molecule has 1 atom stereocenters. The second-order valence-electron chi connectivity index (χ2n) is 7.49. The Labute approximate surface area is 160 Å². The molecule has 146 valence electrons. The Kier molecular flexibility index (Phi) is 6.58. The van der Waals surface area contributed by atoms with Crippen molar-refractivity contribution in [2.24, 2.45) is 0 Å². The number of rotatable bonds is 7. The number of amides is 1. The number of aromatic nitrogens is 3. The number of hydrogen-bond donors (Lipinski definition) is 2. The first-order chi connectivity index (χ1) is 13.1. The number of benzene rings is 1. The Balaban J connectivity index is 1.59. The topological polar surface area (TPSA) is 83.3 Å². The van der Waals surface area contributed by atoms with Gasteiger partial charge >= 0.3 is 0 Å². The Morgan fingerprint density at radius 2 is 2.11 bits per heavy atom. The summed E-state index contributed by atoms with van der Waals surface area (Å²) in [5.74, 6) is 0.253. The molecular weight excluding hydrogens is 342 g/mol. The van der Waals surface area contributed by atoms with Gasteiger partial charge in [-0.25, -0.2) is 4.68 Å². The third kappa shape index (κ3) is 5.14. The van der Waals surface area contributed by atoms with E-state index in [2.05, 4.69) is 58.6 Å². The minimum atomic E-state index is -0.298. The van der Waals surface area contributed by atoms with Gasteiger partial charge in [-0.2, -0.15) is 0 Å². The molecule has 7 heteroatoms. The number of likely N-dealkylation sites (tertiary alicyclic amines) is 1. The van der Waals surface area contributed by atoms with Crippen molar-refractivity contribution in [3.63, 3.8) is 0 Å². The lowest BCUT2D eigenvalue weighted by Crippen LogP contribution is -2.36. The zero-order chi connectivity index (χ0) is 19.2. The van der Waals surface area contributed by atoms with E-state index in [0.717, 1.165) is 32.5 Å². The predicted molar refractivity (Wildman–Crippen MR) is 104 cm³/mol. The SMILES string of the molecule is CC(C)c1ccc(CN2CCCC(n3cc(C(=O)NCCO)nn3)C2)cc1. The summed E-state index contributed by atoms with van der Waals surface area (Å²) >= 11 is 0. The van der Waals surface area contributed by atoms with Crippen molar-refractivity contribution >= 4 is 5.91 Å². The van der Waals surface area contributed by atoms with Crippen molar-refractivity contribution in [1.29, 1.82) is 0 Å². The summed E-state index contributed by atoms with van der Waals surface area (Å²) in [4.78, 5) is 14.4. The highest BCUT2D eigenvalue weighted by molar-refractivity contribution is 5.91. The molecule has 2 aromatic rings. The van der Waals surface area contributed by atoms with E-state index in [1.54, 1.807) is 6.20 Å². The summed E-state index contributed by atoms with van der Waals surface area (Å²) in [5.41, 5.74) is 2.98. The zero-order valence-electron chi connectivity index (χ0n) is 16.1. The van der Waals surface area contributed by atoms with Crippen LogP contribution in [0.5, 0.6) is 0 Å². The van der Waals surface area contributed by atoms with Crippen molar-refractivity contribution < 1.29 is 9.90 Å². The predicted octanol–water partition coefficient (Wildman–Crippen LogP) is 1.96. The molecule has 0 saturated carbocycles. The monoisotopic (exact) mass is 371 g/mol. The maximum atomic E-state index is 11.9. The number of nitrogens with zero attached hydrogens (tertiary/aromatic N) is 4. The van der Waals surface area contributed by atoms with Gasteiger partial charge in [-0.1, -0.05) is 43.3 Å². The Bertz CT molecular complexity index is 741. The first-order valence-electron chi connectivity index (χ1n) is 9.69. The molecule has 0 aliphatic carbocycles. The molecule has 1 aromatic heterocycles. The van der Waals surface area contributed by atoms with Gasteiger partial charge in [0.25, 0.3) is 5.91 Å². The zero-order valence-corrected chi connectivity index (χ0v) is 16.1. The number of aliphatic hydroxyl groups excluding tert-OH is 1. The largest absolute Gasteiger partial charge is 0.395 e. The molecule has 0 bridgehead atoms. The van der Waals surface area contributed by atoms with Gasteiger partial charge in [-0.05, 0) is 36.4 Å². The van der Waals surface area contributed by atoms with Gasteiger partial charge in [-0.15, -0.1) is 5.10 Å². The van der Waals surface area contributed by atoms with Crippen LogP contribution in [0.4, 0.5) is 0 Å². The average Bonchev–Trinajstić information content (AvgIpc) is 3.17. The number of carbonyl (C=O) groups is 1. The molecule has 1 aliphatic heterocycles. The molecule has 0 spiro atoms. The molecule has 1 unspecified atom stereocenters. The highest BCUT2D eigenvalue weighted by Crippen LogP contribution is 2.23. The van der Waals surface area contributed by atoms with Gasteiger partial charge < -0.3 is 10.4 Å². The van der Waals surface area contributed by atoms with Crippen LogP contribution in [0.3, 0.4) is 0 Å². The Morgan fingerprint density at radius 3 is 2.81 bits per heavy atom. The molecule has 3 rings (SSSR count). The highest BCUT2D eigenvalue weighted by Gasteiger charge is 2.23. The molecule has 7 nitrogen and oxygen atoms in total. The van der Waals surface area contributed by atoms with E-state index in [-0.39, 0.29) is 25.1 Å². The number of carbonyl (C=O) groups excluding carboxylic acids is 1. The quantitative estimate of drug-likeness (QED) is 0.777. The summed E-state index contributed by atoms with van der Waals surface area (Å²) in [6.07, 6.45) is 3.84. The van der Waals surface area contributed by atoms with Crippen LogP contribution in [0.1, 0.15) is 60.3 Å². The minimum Gasteiger partial charge on any atom is -0.395 e. The number of aliphatic hydroxyl groups is 1. The molecule has 0 radical (unpaired) electrons. The van der Waals surface area contributed by atoms with Gasteiger partial charge in [0.2, 0.25) is 0 Å². The summed E-state index contributed by atoms with van der Waals surface area (Å²) in [5, 5.41) is 19.5. The van der Waals surface area contributed by atoms with Crippen LogP contribution in [-0.2, 0) is 6.54 Å². The van der Waals surface area contributed by atoms with E-state index in [0.29, 0.717) is 11.6 Å². The molecule has 1 aromatic carbocycles. The van der Waals surface area contributed by atoms with Crippen LogP contribution >= 0.6 is 0 Å².